The Morgan fingerprint density at radius 1 is 1.27 bits per heavy atom. The molecule has 0 saturated carbocycles. The van der Waals surface area contributed by atoms with Crippen LogP contribution in [-0.4, -0.2) is 45.3 Å². The maximum Gasteiger partial charge on any atom is 0.309 e. The lowest BCUT2D eigenvalue weighted by molar-refractivity contribution is -0.154. The van der Waals surface area contributed by atoms with Crippen LogP contribution in [0.4, 0.5) is 0 Å². The van der Waals surface area contributed by atoms with Crippen LogP contribution in [0.1, 0.15) is 78.4 Å². The molecular formula is C26H41NO5S. The van der Waals surface area contributed by atoms with Crippen molar-refractivity contribution in [2.24, 2.45) is 17.3 Å². The molecule has 0 fully saturated rings. The van der Waals surface area contributed by atoms with Crippen molar-refractivity contribution in [3.8, 4) is 0 Å². The van der Waals surface area contributed by atoms with E-state index in [1.165, 1.54) is 0 Å². The number of esters is 1. The quantitative estimate of drug-likeness (QED) is 0.301. The number of aliphatic hydroxyl groups is 2. The predicted molar refractivity (Wildman–Crippen MR) is 134 cm³/mol. The zero-order valence-electron chi connectivity index (χ0n) is 21.3. The normalized spacial score (nSPS) is 17.5. The number of carbonyl (C=O) groups excluding carboxylic acids is 2. The molecule has 0 amide bonds. The average Bonchev–Trinajstić information content (AvgIpc) is 3.18. The Balaban J connectivity index is 2.90. The third-order valence-electron chi connectivity index (χ3n) is 6.36. The Kier molecular flexibility index (Phi) is 11.6. The smallest absolute Gasteiger partial charge is 0.309 e. The van der Waals surface area contributed by atoms with E-state index in [-0.39, 0.29) is 18.1 Å². The van der Waals surface area contributed by atoms with Crippen molar-refractivity contribution >= 4 is 29.2 Å². The van der Waals surface area contributed by atoms with Gasteiger partial charge in [-0.2, -0.15) is 0 Å². The molecule has 0 aliphatic heterocycles. The summed E-state index contributed by atoms with van der Waals surface area (Å²) >= 11 is 1.55. The van der Waals surface area contributed by atoms with Crippen LogP contribution in [0.5, 0.6) is 0 Å². The lowest BCUT2D eigenvalue weighted by atomic mass is 9.73. The zero-order chi connectivity index (χ0) is 25.3. The summed E-state index contributed by atoms with van der Waals surface area (Å²) < 4.78 is 5.70. The van der Waals surface area contributed by atoms with Crippen LogP contribution >= 0.6 is 11.3 Å². The molecule has 5 atom stereocenters. The molecule has 1 aromatic heterocycles. The van der Waals surface area contributed by atoms with Crippen molar-refractivity contribution < 1.29 is 24.5 Å². The van der Waals surface area contributed by atoms with Gasteiger partial charge in [0, 0.05) is 17.7 Å². The summed E-state index contributed by atoms with van der Waals surface area (Å²) in [5.74, 6) is -1.52. The number of rotatable bonds is 13. The first-order chi connectivity index (χ1) is 15.3. The molecule has 0 spiro atoms. The van der Waals surface area contributed by atoms with E-state index in [1.807, 2.05) is 58.2 Å². The number of thiazole rings is 1. The molecule has 0 unspecified atom stereocenters. The summed E-state index contributed by atoms with van der Waals surface area (Å²) in [4.78, 5) is 30.2. The van der Waals surface area contributed by atoms with Crippen molar-refractivity contribution in [2.45, 2.75) is 93.0 Å². The van der Waals surface area contributed by atoms with Gasteiger partial charge in [0.05, 0.1) is 34.7 Å². The van der Waals surface area contributed by atoms with Gasteiger partial charge in [0.15, 0.2) is 0 Å². The van der Waals surface area contributed by atoms with Crippen molar-refractivity contribution in [2.75, 3.05) is 0 Å². The first kappa shape index (κ1) is 29.2. The predicted octanol–water partition coefficient (Wildman–Crippen LogP) is 5.12. The van der Waals surface area contributed by atoms with Gasteiger partial charge in [-0.05, 0) is 38.3 Å². The van der Waals surface area contributed by atoms with Crippen LogP contribution in [-0.2, 0) is 14.3 Å². The van der Waals surface area contributed by atoms with Crippen LogP contribution in [0.25, 0.3) is 6.08 Å². The average molecular weight is 480 g/mol. The van der Waals surface area contributed by atoms with Crippen LogP contribution in [0, 0.1) is 24.2 Å². The van der Waals surface area contributed by atoms with Crippen molar-refractivity contribution in [1.82, 2.24) is 4.98 Å². The Morgan fingerprint density at radius 3 is 2.42 bits per heavy atom. The number of aliphatic hydroxyl groups excluding tert-OH is 2. The monoisotopic (exact) mass is 479 g/mol. The fourth-order valence-electron chi connectivity index (χ4n) is 3.62. The highest BCUT2D eigenvalue weighted by Gasteiger charge is 2.42. The van der Waals surface area contributed by atoms with E-state index in [9.17, 15) is 19.8 Å². The van der Waals surface area contributed by atoms with E-state index < -0.39 is 35.6 Å². The van der Waals surface area contributed by atoms with Gasteiger partial charge in [-0.1, -0.05) is 53.2 Å². The van der Waals surface area contributed by atoms with E-state index in [0.29, 0.717) is 6.42 Å². The highest BCUT2D eigenvalue weighted by Crippen LogP contribution is 2.31. The maximum atomic E-state index is 13.0. The summed E-state index contributed by atoms with van der Waals surface area (Å²) in [5.41, 5.74) is 0.466. The van der Waals surface area contributed by atoms with Gasteiger partial charge in [0.1, 0.15) is 11.9 Å². The number of aryl methyl sites for hydroxylation is 1. The van der Waals surface area contributed by atoms with Crippen LogP contribution in [0.15, 0.2) is 23.1 Å². The Bertz CT molecular complexity index is 841. The highest BCUT2D eigenvalue weighted by atomic mass is 32.1. The minimum absolute atomic E-state index is 0.0366. The number of allylic oxidation sites excluding steroid dienone is 1. The molecule has 0 aliphatic carbocycles. The van der Waals surface area contributed by atoms with Crippen LogP contribution in [0.2, 0.25) is 0 Å². The summed E-state index contributed by atoms with van der Waals surface area (Å²) in [6, 6.07) is 0. The number of nitrogens with zero attached hydrogens (tertiary/aromatic N) is 1. The third-order valence-corrected chi connectivity index (χ3v) is 7.15. The number of hydrogen-bond donors (Lipinski definition) is 2. The summed E-state index contributed by atoms with van der Waals surface area (Å²) in [7, 11) is 0. The van der Waals surface area contributed by atoms with Gasteiger partial charge in [0.2, 0.25) is 0 Å². The molecule has 0 saturated heterocycles. The SMILES string of the molecule is C/C=C/C[C@H](OC(=O)C[C@H](O)C(C)(C)C(=O)[C@H](C)[C@@H](O)[C@@H](C)CC)/C(C)=C/c1csc(C)n1. The van der Waals surface area contributed by atoms with Gasteiger partial charge in [-0.25, -0.2) is 4.98 Å². The maximum absolute atomic E-state index is 13.0. The summed E-state index contributed by atoms with van der Waals surface area (Å²) in [6.07, 6.45) is 4.13. The van der Waals surface area contributed by atoms with Crippen molar-refractivity contribution in [1.29, 1.82) is 0 Å². The second-order valence-electron chi connectivity index (χ2n) is 9.43. The largest absolute Gasteiger partial charge is 0.457 e. The number of ketones is 1. The fourth-order valence-corrected chi connectivity index (χ4v) is 4.19. The van der Waals surface area contributed by atoms with Gasteiger partial charge >= 0.3 is 5.97 Å². The molecule has 7 heteroatoms. The lowest BCUT2D eigenvalue weighted by Crippen LogP contribution is -2.45. The van der Waals surface area contributed by atoms with Crippen molar-refractivity contribution in [3.63, 3.8) is 0 Å². The van der Waals surface area contributed by atoms with E-state index in [4.69, 9.17) is 4.74 Å². The number of aromatic nitrogens is 1. The molecule has 186 valence electrons. The minimum atomic E-state index is -1.23. The van der Waals surface area contributed by atoms with Crippen molar-refractivity contribution in [3.05, 3.63) is 33.8 Å². The lowest BCUT2D eigenvalue weighted by Gasteiger charge is -2.34. The Hall–Kier alpha value is -1.83. The minimum Gasteiger partial charge on any atom is -0.457 e. The first-order valence-corrected chi connectivity index (χ1v) is 12.5. The first-order valence-electron chi connectivity index (χ1n) is 11.7. The van der Waals surface area contributed by atoms with Crippen LogP contribution < -0.4 is 0 Å². The molecule has 0 radical (unpaired) electrons. The molecule has 1 rings (SSSR count). The Labute approximate surface area is 202 Å². The van der Waals surface area contributed by atoms with E-state index in [2.05, 4.69) is 4.98 Å². The number of ether oxygens (including phenoxy) is 1. The Morgan fingerprint density at radius 2 is 1.91 bits per heavy atom. The number of Topliss-reactive ketones (excluding diaryl/α,β-unsaturated/α-hetero) is 1. The number of carbonyl (C=O) groups is 2. The van der Waals surface area contributed by atoms with E-state index >= 15 is 0 Å². The molecule has 33 heavy (non-hydrogen) atoms. The molecule has 1 heterocycles. The highest BCUT2D eigenvalue weighted by molar-refractivity contribution is 7.09. The molecule has 2 N–H and O–H groups in total. The number of hydrogen-bond acceptors (Lipinski definition) is 7. The van der Waals surface area contributed by atoms with Gasteiger partial charge in [-0.15, -0.1) is 11.3 Å². The third kappa shape index (κ3) is 8.47. The molecular weight excluding hydrogens is 438 g/mol. The molecule has 0 bridgehead atoms. The van der Waals surface area contributed by atoms with Crippen LogP contribution in [0.3, 0.4) is 0 Å². The topological polar surface area (TPSA) is 96.7 Å². The van der Waals surface area contributed by atoms with E-state index in [0.717, 1.165) is 22.7 Å². The summed E-state index contributed by atoms with van der Waals surface area (Å²) in [5, 5.41) is 24.1. The molecule has 6 nitrogen and oxygen atoms in total. The van der Waals surface area contributed by atoms with E-state index in [1.54, 1.807) is 32.1 Å². The fraction of sp³-hybridized carbons (Fsp3) is 0.654. The van der Waals surface area contributed by atoms with Gasteiger partial charge in [0.25, 0.3) is 0 Å². The second kappa shape index (κ2) is 13.2. The van der Waals surface area contributed by atoms with Gasteiger partial charge in [-0.3, -0.25) is 9.59 Å². The zero-order valence-corrected chi connectivity index (χ0v) is 22.1. The second-order valence-corrected chi connectivity index (χ2v) is 10.5. The molecule has 0 aliphatic rings. The molecule has 1 aromatic rings. The summed E-state index contributed by atoms with van der Waals surface area (Å²) in [6.45, 7) is 14.5. The molecule has 0 aromatic carbocycles. The van der Waals surface area contributed by atoms with Gasteiger partial charge < -0.3 is 14.9 Å². The standard InChI is InChI=1S/C26H41NO5S/c1-9-11-12-21(17(4)13-20-15-33-19(6)27-20)32-23(29)14-22(28)26(7,8)25(31)18(5)24(30)16(3)10-2/h9,11,13,15-16,18,21-22,24,28,30H,10,12,14H2,1-8H3/b11-9+,17-13+/t16-,18+,21-,22-,24-/m0/s1.